The molecule has 15 heavy (non-hydrogen) atoms. The molecule has 3 nitrogen and oxygen atoms in total. The second kappa shape index (κ2) is 6.12. The van der Waals surface area contributed by atoms with Gasteiger partial charge in [0.1, 0.15) is 6.10 Å². The first-order valence-corrected chi connectivity index (χ1v) is 6.62. The molecule has 5 heteroatoms. The zero-order chi connectivity index (χ0) is 11.3. The Balaban J connectivity index is 2.61. The lowest BCUT2D eigenvalue weighted by atomic mass is 10.3. The van der Waals surface area contributed by atoms with E-state index < -0.39 is 0 Å². The third kappa shape index (κ3) is 4.22. The third-order valence-electron chi connectivity index (χ3n) is 1.65. The van der Waals surface area contributed by atoms with Crippen molar-refractivity contribution in [1.29, 1.82) is 0 Å². The summed E-state index contributed by atoms with van der Waals surface area (Å²) in [5.41, 5.74) is 0.470. The van der Waals surface area contributed by atoms with Crippen molar-refractivity contribution in [2.24, 2.45) is 0 Å². The average Bonchev–Trinajstić information content (AvgIpc) is 2.18. The Labute approximate surface area is 102 Å². The summed E-state index contributed by atoms with van der Waals surface area (Å²) in [5.74, 6) is 0.470. The maximum absolute atomic E-state index is 11.6. The molecular formula is C10H12BrNO2S. The Bertz CT molecular complexity index is 346. The molecule has 0 fully saturated rings. The summed E-state index contributed by atoms with van der Waals surface area (Å²) in [5, 5.41) is 0. The number of pyridine rings is 1. The van der Waals surface area contributed by atoms with Gasteiger partial charge in [0.05, 0.1) is 5.56 Å². The van der Waals surface area contributed by atoms with Crippen molar-refractivity contribution in [3.8, 4) is 0 Å². The number of thioether (sulfide) groups is 1. The fourth-order valence-corrected chi connectivity index (χ4v) is 1.95. The highest BCUT2D eigenvalue weighted by atomic mass is 79.9. The van der Waals surface area contributed by atoms with Crippen LogP contribution < -0.4 is 0 Å². The standard InChI is InChI=1S/C10H12BrNO2S/c1-7(6-15-2)14-10(13)8-3-9(11)5-12-4-8/h3-5,7H,6H2,1-2H3/t7-/m0/s1. The summed E-state index contributed by atoms with van der Waals surface area (Å²) < 4.78 is 5.98. The molecule has 0 saturated heterocycles. The number of carbonyl (C=O) groups excluding carboxylic acids is 1. The number of carbonyl (C=O) groups is 1. The number of nitrogens with zero attached hydrogens (tertiary/aromatic N) is 1. The quantitative estimate of drug-likeness (QED) is 0.799. The second-order valence-electron chi connectivity index (χ2n) is 3.06. The van der Waals surface area contributed by atoms with Gasteiger partial charge in [0.15, 0.2) is 0 Å². The number of rotatable bonds is 4. The van der Waals surface area contributed by atoms with E-state index in [1.807, 2.05) is 13.2 Å². The highest BCUT2D eigenvalue weighted by Gasteiger charge is 2.11. The summed E-state index contributed by atoms with van der Waals surface area (Å²) in [6, 6.07) is 1.70. The van der Waals surface area contributed by atoms with Crippen molar-refractivity contribution in [2.45, 2.75) is 13.0 Å². The molecule has 0 aliphatic heterocycles. The number of aromatic nitrogens is 1. The molecule has 1 aromatic heterocycles. The summed E-state index contributed by atoms with van der Waals surface area (Å²) >= 11 is 4.90. The van der Waals surface area contributed by atoms with Gasteiger partial charge < -0.3 is 4.74 Å². The first-order valence-electron chi connectivity index (χ1n) is 4.44. The van der Waals surface area contributed by atoms with Gasteiger partial charge >= 0.3 is 5.97 Å². The van der Waals surface area contributed by atoms with E-state index in [1.54, 1.807) is 24.0 Å². The molecule has 0 amide bonds. The zero-order valence-corrected chi connectivity index (χ0v) is 11.0. The van der Waals surface area contributed by atoms with Crippen LogP contribution in [0.4, 0.5) is 0 Å². The lowest BCUT2D eigenvalue weighted by Gasteiger charge is -2.11. The summed E-state index contributed by atoms with van der Waals surface area (Å²) in [4.78, 5) is 15.5. The average molecular weight is 290 g/mol. The Kier molecular flexibility index (Phi) is 5.11. The van der Waals surface area contributed by atoms with Crippen molar-refractivity contribution in [3.63, 3.8) is 0 Å². The van der Waals surface area contributed by atoms with Gasteiger partial charge in [-0.3, -0.25) is 4.98 Å². The van der Waals surface area contributed by atoms with E-state index in [-0.39, 0.29) is 12.1 Å². The van der Waals surface area contributed by atoms with Gasteiger partial charge in [-0.15, -0.1) is 0 Å². The lowest BCUT2D eigenvalue weighted by Crippen LogP contribution is -2.17. The Morgan fingerprint density at radius 1 is 1.67 bits per heavy atom. The fourth-order valence-electron chi connectivity index (χ4n) is 1.04. The van der Waals surface area contributed by atoms with Gasteiger partial charge in [0, 0.05) is 22.6 Å². The molecule has 0 bridgehead atoms. The summed E-state index contributed by atoms with van der Waals surface area (Å²) in [6.07, 6.45) is 5.03. The number of esters is 1. The molecule has 0 N–H and O–H groups in total. The summed E-state index contributed by atoms with van der Waals surface area (Å²) in [7, 11) is 0. The first kappa shape index (κ1) is 12.5. The number of hydrogen-bond donors (Lipinski definition) is 0. The number of hydrogen-bond acceptors (Lipinski definition) is 4. The van der Waals surface area contributed by atoms with Gasteiger partial charge in [-0.2, -0.15) is 11.8 Å². The Morgan fingerprint density at radius 2 is 2.40 bits per heavy atom. The normalized spacial score (nSPS) is 12.2. The molecule has 1 heterocycles. The van der Waals surface area contributed by atoms with Crippen molar-refractivity contribution in [3.05, 3.63) is 28.5 Å². The van der Waals surface area contributed by atoms with E-state index in [0.717, 1.165) is 10.2 Å². The minimum atomic E-state index is -0.328. The molecular weight excluding hydrogens is 278 g/mol. The van der Waals surface area contributed by atoms with Crippen LogP contribution in [0, 0.1) is 0 Å². The van der Waals surface area contributed by atoms with Gasteiger partial charge in [0.2, 0.25) is 0 Å². The van der Waals surface area contributed by atoms with Gasteiger partial charge in [-0.05, 0) is 35.2 Å². The van der Waals surface area contributed by atoms with E-state index in [2.05, 4.69) is 20.9 Å². The molecule has 0 aliphatic rings. The largest absolute Gasteiger partial charge is 0.458 e. The maximum Gasteiger partial charge on any atom is 0.340 e. The SMILES string of the molecule is CSC[C@H](C)OC(=O)c1cncc(Br)c1. The minimum Gasteiger partial charge on any atom is -0.458 e. The molecule has 0 aromatic carbocycles. The van der Waals surface area contributed by atoms with Crippen LogP contribution in [0.15, 0.2) is 22.9 Å². The van der Waals surface area contributed by atoms with Crippen LogP contribution in [0.25, 0.3) is 0 Å². The number of ether oxygens (including phenoxy) is 1. The predicted octanol–water partition coefficient (Wildman–Crippen LogP) is 2.75. The molecule has 1 aromatic rings. The van der Waals surface area contributed by atoms with Crippen LogP contribution in [0.5, 0.6) is 0 Å². The molecule has 0 unspecified atom stereocenters. The van der Waals surface area contributed by atoms with Gasteiger partial charge in [0.25, 0.3) is 0 Å². The molecule has 0 spiro atoms. The first-order chi connectivity index (χ1) is 7.13. The van der Waals surface area contributed by atoms with Crippen LogP contribution in [-0.2, 0) is 4.74 Å². The van der Waals surface area contributed by atoms with E-state index in [1.165, 1.54) is 6.20 Å². The van der Waals surface area contributed by atoms with Crippen LogP contribution in [0.1, 0.15) is 17.3 Å². The van der Waals surface area contributed by atoms with Crippen LogP contribution in [-0.4, -0.2) is 29.1 Å². The monoisotopic (exact) mass is 289 g/mol. The number of halogens is 1. The van der Waals surface area contributed by atoms with Crippen LogP contribution in [0.3, 0.4) is 0 Å². The smallest absolute Gasteiger partial charge is 0.340 e. The zero-order valence-electron chi connectivity index (χ0n) is 8.57. The Hall–Kier alpha value is -0.550. The van der Waals surface area contributed by atoms with Gasteiger partial charge in [-0.25, -0.2) is 4.79 Å². The van der Waals surface area contributed by atoms with Crippen molar-refractivity contribution >= 4 is 33.7 Å². The van der Waals surface area contributed by atoms with Crippen molar-refractivity contribution in [1.82, 2.24) is 4.98 Å². The molecule has 0 radical (unpaired) electrons. The highest BCUT2D eigenvalue weighted by molar-refractivity contribution is 9.10. The van der Waals surface area contributed by atoms with Crippen molar-refractivity contribution < 1.29 is 9.53 Å². The second-order valence-corrected chi connectivity index (χ2v) is 4.89. The molecule has 82 valence electrons. The molecule has 0 saturated carbocycles. The van der Waals surface area contributed by atoms with E-state index in [9.17, 15) is 4.79 Å². The van der Waals surface area contributed by atoms with Gasteiger partial charge in [-0.1, -0.05) is 0 Å². The highest BCUT2D eigenvalue weighted by Crippen LogP contribution is 2.12. The summed E-state index contributed by atoms with van der Waals surface area (Å²) in [6.45, 7) is 1.87. The van der Waals surface area contributed by atoms with E-state index in [0.29, 0.717) is 5.56 Å². The van der Waals surface area contributed by atoms with E-state index >= 15 is 0 Å². The van der Waals surface area contributed by atoms with Crippen molar-refractivity contribution in [2.75, 3.05) is 12.0 Å². The minimum absolute atomic E-state index is 0.0773. The Morgan fingerprint density at radius 3 is 3.00 bits per heavy atom. The fraction of sp³-hybridized carbons (Fsp3) is 0.400. The van der Waals surface area contributed by atoms with Crippen LogP contribution in [0.2, 0.25) is 0 Å². The lowest BCUT2D eigenvalue weighted by molar-refractivity contribution is 0.0385. The maximum atomic E-state index is 11.6. The van der Waals surface area contributed by atoms with E-state index in [4.69, 9.17) is 4.74 Å². The third-order valence-corrected chi connectivity index (χ3v) is 2.89. The predicted molar refractivity (Wildman–Crippen MR) is 65.2 cm³/mol. The molecule has 0 aliphatic carbocycles. The molecule has 1 atom stereocenters. The van der Waals surface area contributed by atoms with Crippen LogP contribution >= 0.6 is 27.7 Å². The molecule has 1 rings (SSSR count). The topological polar surface area (TPSA) is 39.2 Å².